The third kappa shape index (κ3) is 12.9. The second kappa shape index (κ2) is 22.8. The summed E-state index contributed by atoms with van der Waals surface area (Å²) in [5.41, 5.74) is 7.11. The number of benzene rings is 3. The molecule has 3 amide bonds. The molecule has 2 heterocycles. The highest BCUT2D eigenvalue weighted by Gasteiger charge is 2.30. The Morgan fingerprint density at radius 2 is 1.59 bits per heavy atom. The van der Waals surface area contributed by atoms with Crippen LogP contribution in [0.2, 0.25) is 0 Å². The van der Waals surface area contributed by atoms with Gasteiger partial charge in [0.1, 0.15) is 24.6 Å². The fourth-order valence-corrected chi connectivity index (χ4v) is 7.65. The van der Waals surface area contributed by atoms with Crippen LogP contribution in [0.3, 0.4) is 0 Å². The molecule has 1 fully saturated rings. The molecule has 0 bridgehead atoms. The minimum atomic E-state index is -1.38. The quantitative estimate of drug-likeness (QED) is 0.0864. The number of carbonyl (C=O) groups is 5. The van der Waals surface area contributed by atoms with Gasteiger partial charge in [0, 0.05) is 74.5 Å². The zero-order valence-corrected chi connectivity index (χ0v) is 35.9. The number of amides is 3. The van der Waals surface area contributed by atoms with Crippen LogP contribution in [0, 0.1) is 17.7 Å². The standard InChI is InChI=1S/C43H51FN6O9S.ClH/c1-4-48-23-33(41(54)55)39(52)32-21-34(44)36(22-35(32)48)49-15-17-50(18-16-49)43(57)59-25-29-10-12-31(13-11-29)46-40(53)30(26-60-19-14-45)20-37(51)38(27(2)3)47-42(56)58-24-28-8-6-5-7-9-28;/h5-13,21-23,27,30,38H,4,14-20,24-26,45H2,1-3H3,(H,46,53)(H,47,56)(H,54,55);1H/t30-,38-;/m0./s1. The van der Waals surface area contributed by atoms with Crippen LogP contribution in [0.4, 0.5) is 25.4 Å². The molecule has 0 radical (unpaired) electrons. The van der Waals surface area contributed by atoms with Gasteiger partial charge in [0.15, 0.2) is 5.78 Å². The van der Waals surface area contributed by atoms with Gasteiger partial charge in [0.2, 0.25) is 11.3 Å². The molecule has 0 spiro atoms. The van der Waals surface area contributed by atoms with Crippen LogP contribution >= 0.6 is 24.2 Å². The van der Waals surface area contributed by atoms with Crippen molar-refractivity contribution in [3.63, 3.8) is 0 Å². The van der Waals surface area contributed by atoms with Gasteiger partial charge in [0.05, 0.1) is 23.2 Å². The summed E-state index contributed by atoms with van der Waals surface area (Å²) in [6.45, 7) is 7.29. The number of aromatic carboxylic acids is 1. The molecule has 3 aromatic carbocycles. The number of hydrogen-bond donors (Lipinski definition) is 4. The van der Waals surface area contributed by atoms with Gasteiger partial charge in [-0.15, -0.1) is 12.4 Å². The second-order valence-corrected chi connectivity index (χ2v) is 15.8. The molecule has 5 rings (SSSR count). The number of alkyl carbamates (subject to hydrolysis) is 1. The number of carboxylic acid groups (broad SMARTS) is 1. The zero-order chi connectivity index (χ0) is 43.3. The van der Waals surface area contributed by atoms with Gasteiger partial charge in [-0.1, -0.05) is 56.3 Å². The van der Waals surface area contributed by atoms with Gasteiger partial charge < -0.3 is 45.3 Å². The van der Waals surface area contributed by atoms with Crippen molar-refractivity contribution in [3.8, 4) is 0 Å². The number of carboxylic acids is 1. The van der Waals surface area contributed by atoms with Crippen molar-refractivity contribution in [2.75, 3.05) is 54.4 Å². The summed E-state index contributed by atoms with van der Waals surface area (Å²) in [6, 6.07) is 17.7. The highest BCUT2D eigenvalue weighted by Crippen LogP contribution is 2.27. The molecule has 0 saturated carbocycles. The van der Waals surface area contributed by atoms with Gasteiger partial charge in [-0.05, 0) is 48.2 Å². The number of ketones is 1. The monoisotopic (exact) mass is 882 g/mol. The van der Waals surface area contributed by atoms with E-state index in [9.17, 15) is 33.9 Å². The van der Waals surface area contributed by atoms with E-state index in [0.717, 1.165) is 11.6 Å². The Kier molecular flexibility index (Phi) is 18.0. The number of aromatic nitrogens is 1. The topological polar surface area (TPSA) is 203 Å². The molecule has 15 nitrogen and oxygen atoms in total. The fourth-order valence-electron chi connectivity index (χ4n) is 6.77. The number of nitrogens with one attached hydrogen (secondary N) is 2. The molecule has 61 heavy (non-hydrogen) atoms. The van der Waals surface area contributed by atoms with E-state index in [1.165, 1.54) is 28.9 Å². The highest BCUT2D eigenvalue weighted by molar-refractivity contribution is 7.99. The Morgan fingerprint density at radius 3 is 2.21 bits per heavy atom. The summed E-state index contributed by atoms with van der Waals surface area (Å²) in [5.74, 6) is -2.73. The Morgan fingerprint density at radius 1 is 0.934 bits per heavy atom. The van der Waals surface area contributed by atoms with Crippen molar-refractivity contribution in [1.82, 2.24) is 14.8 Å². The molecule has 328 valence electrons. The van der Waals surface area contributed by atoms with Crippen molar-refractivity contribution in [2.24, 2.45) is 17.6 Å². The Hall–Kier alpha value is -5.65. The maximum Gasteiger partial charge on any atom is 0.410 e. The summed E-state index contributed by atoms with van der Waals surface area (Å²) in [7, 11) is 0. The number of piperazine rings is 1. The number of rotatable bonds is 18. The van der Waals surface area contributed by atoms with Crippen LogP contribution in [0.25, 0.3) is 10.9 Å². The molecular formula is C43H52ClFN6O9S. The number of nitrogens with zero attached hydrogens (tertiary/aromatic N) is 3. The van der Waals surface area contributed by atoms with Crippen LogP contribution in [-0.2, 0) is 38.8 Å². The van der Waals surface area contributed by atoms with E-state index in [1.807, 2.05) is 44.2 Å². The third-order valence-electron chi connectivity index (χ3n) is 10.1. The number of aryl methyl sites for hydroxylation is 1. The molecule has 18 heteroatoms. The normalized spacial score (nSPS) is 13.5. The minimum absolute atomic E-state index is 0. The number of nitrogens with two attached hydrogens (primary N) is 1. The lowest BCUT2D eigenvalue weighted by Crippen LogP contribution is -2.49. The summed E-state index contributed by atoms with van der Waals surface area (Å²) in [6.07, 6.45) is -0.121. The number of Topliss-reactive ketones (excluding diaryl/α,β-unsaturated/α-hetero) is 1. The van der Waals surface area contributed by atoms with E-state index >= 15 is 4.39 Å². The molecule has 1 aliphatic rings. The predicted octanol–water partition coefficient (Wildman–Crippen LogP) is 5.90. The van der Waals surface area contributed by atoms with Crippen LogP contribution < -0.4 is 26.7 Å². The first kappa shape index (κ1) is 48.0. The molecule has 5 N–H and O–H groups in total. The summed E-state index contributed by atoms with van der Waals surface area (Å²) in [5, 5.41) is 15.0. The average Bonchev–Trinajstić information content (AvgIpc) is 3.24. The van der Waals surface area contributed by atoms with Crippen LogP contribution in [0.1, 0.15) is 48.7 Å². The smallest absolute Gasteiger partial charge is 0.410 e. The maximum atomic E-state index is 15.3. The number of ether oxygens (including phenoxy) is 2. The lowest BCUT2D eigenvalue weighted by molar-refractivity contribution is -0.127. The molecular weight excluding hydrogens is 831 g/mol. The number of halogens is 2. The maximum absolute atomic E-state index is 15.3. The van der Waals surface area contributed by atoms with Crippen LogP contribution in [0.5, 0.6) is 0 Å². The molecule has 4 aromatic rings. The van der Waals surface area contributed by atoms with Crippen molar-refractivity contribution in [2.45, 2.75) is 53.0 Å². The summed E-state index contributed by atoms with van der Waals surface area (Å²) in [4.78, 5) is 80.2. The second-order valence-electron chi connectivity index (χ2n) is 14.7. The molecule has 1 aliphatic heterocycles. The third-order valence-corrected chi connectivity index (χ3v) is 11.2. The van der Waals surface area contributed by atoms with Crippen LogP contribution in [0.15, 0.2) is 77.7 Å². The van der Waals surface area contributed by atoms with Crippen molar-refractivity contribution in [1.29, 1.82) is 0 Å². The molecule has 2 atom stereocenters. The van der Waals surface area contributed by atoms with E-state index in [2.05, 4.69) is 10.6 Å². The van der Waals surface area contributed by atoms with Gasteiger partial charge >= 0.3 is 18.2 Å². The molecule has 0 unspecified atom stereocenters. The zero-order valence-electron chi connectivity index (χ0n) is 34.3. The van der Waals surface area contributed by atoms with E-state index in [-0.39, 0.29) is 73.8 Å². The number of pyridine rings is 1. The largest absolute Gasteiger partial charge is 0.477 e. The lowest BCUT2D eigenvalue weighted by atomic mass is 9.93. The minimum Gasteiger partial charge on any atom is -0.477 e. The van der Waals surface area contributed by atoms with Crippen molar-refractivity contribution < 1.29 is 42.9 Å². The number of carbonyl (C=O) groups excluding carboxylic acids is 4. The predicted molar refractivity (Wildman–Crippen MR) is 235 cm³/mol. The van der Waals surface area contributed by atoms with Gasteiger partial charge in [-0.3, -0.25) is 14.4 Å². The molecule has 1 saturated heterocycles. The molecule has 1 aromatic heterocycles. The van der Waals surface area contributed by atoms with Gasteiger partial charge in [-0.25, -0.2) is 18.8 Å². The lowest BCUT2D eigenvalue weighted by Gasteiger charge is -2.35. The highest BCUT2D eigenvalue weighted by atomic mass is 35.5. The van der Waals surface area contributed by atoms with Crippen molar-refractivity contribution in [3.05, 3.63) is 106 Å². The Balaban J connectivity index is 0.00000819. The van der Waals surface area contributed by atoms with Gasteiger partial charge in [0.25, 0.3) is 0 Å². The first-order chi connectivity index (χ1) is 28.8. The number of fused-ring (bicyclic) bond motifs is 1. The number of hydrogen-bond acceptors (Lipinski definition) is 11. The van der Waals surface area contributed by atoms with Crippen LogP contribution in [-0.4, -0.2) is 94.7 Å². The first-order valence-electron chi connectivity index (χ1n) is 19.7. The van der Waals surface area contributed by atoms with Gasteiger partial charge in [-0.2, -0.15) is 11.8 Å². The van der Waals surface area contributed by atoms with Crippen molar-refractivity contribution >= 4 is 76.3 Å². The Labute approximate surface area is 363 Å². The van der Waals surface area contributed by atoms with E-state index in [1.54, 1.807) is 40.7 Å². The summed E-state index contributed by atoms with van der Waals surface area (Å²) >= 11 is 1.46. The first-order valence-corrected chi connectivity index (χ1v) is 20.9. The SMILES string of the molecule is CCn1cc(C(=O)O)c(=O)c2cc(F)c(N3CCN(C(=O)OCc4ccc(NC(=O)[C@H](CSCCN)CC(=O)[C@@H](NC(=O)OCc5ccccc5)C(C)C)cc4)CC3)cc21.Cl. The number of anilines is 2. The number of thioether (sulfide) groups is 1. The van der Waals surface area contributed by atoms with E-state index < -0.39 is 46.9 Å². The van der Waals surface area contributed by atoms with E-state index in [4.69, 9.17) is 15.2 Å². The average molecular weight is 883 g/mol. The Bertz CT molecular complexity index is 2220. The molecule has 0 aliphatic carbocycles. The van der Waals surface area contributed by atoms with E-state index in [0.29, 0.717) is 54.5 Å². The summed E-state index contributed by atoms with van der Waals surface area (Å²) < 4.78 is 27.8. The fraction of sp³-hybridized carbons (Fsp3) is 0.395.